The van der Waals surface area contributed by atoms with Crippen molar-refractivity contribution in [2.24, 2.45) is 0 Å². The van der Waals surface area contributed by atoms with E-state index < -0.39 is 0 Å². The minimum Gasteiger partial charge on any atom is -0.309 e. The van der Waals surface area contributed by atoms with E-state index in [4.69, 9.17) is 0 Å². The Bertz CT molecular complexity index is 2360. The van der Waals surface area contributed by atoms with Gasteiger partial charge in [0.1, 0.15) is 0 Å². The largest absolute Gasteiger partial charge is 0.309 e. The summed E-state index contributed by atoms with van der Waals surface area (Å²) in [6.45, 7) is 18.0. The van der Waals surface area contributed by atoms with Crippen LogP contribution in [0.1, 0.15) is 41.5 Å². The standard InChI is InChI=1S/C39H24N2.3C2H6.C2H4/c1-3-9-36-32(7-1)33-8-2-4-10-37(33)41(36)29-17-11-25(12-18-29)30-19-13-26-16-22-35-31(28-6-5-23-40-24-28)20-14-27-15-21-34(30)38(26)39(27)35;4*1-2/h1-24H;3*1-2H3;1-2H2. The summed E-state index contributed by atoms with van der Waals surface area (Å²) in [5.41, 5.74) is 8.48. The van der Waals surface area contributed by atoms with Crippen LogP contribution in [0, 0.1) is 0 Å². The lowest BCUT2D eigenvalue weighted by Gasteiger charge is -2.16. The van der Waals surface area contributed by atoms with Gasteiger partial charge in [-0.3, -0.25) is 4.98 Å². The van der Waals surface area contributed by atoms with Crippen LogP contribution in [0.2, 0.25) is 0 Å². The highest BCUT2D eigenvalue weighted by Gasteiger charge is 2.16. The van der Waals surface area contributed by atoms with Gasteiger partial charge in [0.2, 0.25) is 0 Å². The molecule has 0 spiro atoms. The minimum absolute atomic E-state index is 1.14. The van der Waals surface area contributed by atoms with E-state index in [1.165, 1.54) is 76.5 Å². The van der Waals surface area contributed by atoms with Crippen molar-refractivity contribution in [1.82, 2.24) is 9.55 Å². The first-order chi connectivity index (χ1) is 24.3. The molecule has 0 radical (unpaired) electrons. The Labute approximate surface area is 291 Å². The molecule has 0 amide bonds. The van der Waals surface area contributed by atoms with Crippen LogP contribution in [0.15, 0.2) is 159 Å². The highest BCUT2D eigenvalue weighted by atomic mass is 15.0. The van der Waals surface area contributed by atoms with Crippen LogP contribution in [0.4, 0.5) is 0 Å². The molecule has 2 heteroatoms. The minimum atomic E-state index is 1.14. The molecule has 0 aliphatic heterocycles. The Kier molecular flexibility index (Phi) is 11.2. The third-order valence-corrected chi connectivity index (χ3v) is 8.65. The number of aromatic nitrogens is 2. The molecule has 2 nitrogen and oxygen atoms in total. The van der Waals surface area contributed by atoms with Crippen LogP contribution in [-0.4, -0.2) is 9.55 Å². The Hall–Kier alpha value is -5.73. The molecule has 0 unspecified atom stereocenters. The second kappa shape index (κ2) is 15.9. The number of hydrogen-bond acceptors (Lipinski definition) is 1. The Morgan fingerprint density at radius 1 is 0.429 bits per heavy atom. The van der Waals surface area contributed by atoms with E-state index in [0.29, 0.717) is 0 Å². The van der Waals surface area contributed by atoms with E-state index in [1.807, 2.05) is 60.0 Å². The van der Waals surface area contributed by atoms with Crippen molar-refractivity contribution in [3.8, 4) is 27.9 Å². The van der Waals surface area contributed by atoms with Crippen molar-refractivity contribution in [2.75, 3.05) is 0 Å². The fraction of sp³-hybridized carbons (Fsp3) is 0.128. The predicted molar refractivity (Wildman–Crippen MR) is 218 cm³/mol. The molecule has 0 fully saturated rings. The number of nitrogens with zero attached hydrogens (tertiary/aromatic N) is 2. The smallest absolute Gasteiger partial charge is 0.0541 e. The Morgan fingerprint density at radius 3 is 1.39 bits per heavy atom. The van der Waals surface area contributed by atoms with Crippen molar-refractivity contribution in [3.63, 3.8) is 0 Å². The lowest BCUT2D eigenvalue weighted by atomic mass is 9.87. The summed E-state index contributed by atoms with van der Waals surface area (Å²) in [5.74, 6) is 0. The molecule has 0 atom stereocenters. The normalized spacial score (nSPS) is 10.4. The number of rotatable bonds is 3. The predicted octanol–water partition coefficient (Wildman–Crippen LogP) is 14.3. The van der Waals surface area contributed by atoms with Crippen molar-refractivity contribution >= 4 is 54.1 Å². The van der Waals surface area contributed by atoms with Gasteiger partial charge in [-0.2, -0.15) is 0 Å². The highest BCUT2D eigenvalue weighted by Crippen LogP contribution is 2.42. The molecule has 0 aliphatic rings. The number of fused-ring (bicyclic) bond motifs is 3. The monoisotopic (exact) mass is 638 g/mol. The summed E-state index contributed by atoms with van der Waals surface area (Å²) < 4.78 is 2.37. The van der Waals surface area contributed by atoms with Crippen LogP contribution in [0.5, 0.6) is 0 Å². The van der Waals surface area contributed by atoms with Gasteiger partial charge in [-0.15, -0.1) is 13.2 Å². The van der Waals surface area contributed by atoms with Crippen molar-refractivity contribution in [3.05, 3.63) is 159 Å². The topological polar surface area (TPSA) is 17.8 Å². The molecule has 9 rings (SSSR count). The second-order valence-corrected chi connectivity index (χ2v) is 10.8. The van der Waals surface area contributed by atoms with Crippen molar-refractivity contribution in [1.29, 1.82) is 0 Å². The molecule has 49 heavy (non-hydrogen) atoms. The van der Waals surface area contributed by atoms with Gasteiger partial charge in [0.05, 0.1) is 11.0 Å². The van der Waals surface area contributed by atoms with Gasteiger partial charge in [-0.1, -0.05) is 145 Å². The van der Waals surface area contributed by atoms with Crippen molar-refractivity contribution < 1.29 is 0 Å². The highest BCUT2D eigenvalue weighted by molar-refractivity contribution is 6.27. The van der Waals surface area contributed by atoms with Crippen LogP contribution >= 0.6 is 0 Å². The molecule has 7 aromatic carbocycles. The van der Waals surface area contributed by atoms with E-state index >= 15 is 0 Å². The second-order valence-electron chi connectivity index (χ2n) is 10.8. The van der Waals surface area contributed by atoms with E-state index in [-0.39, 0.29) is 0 Å². The first kappa shape index (κ1) is 34.6. The van der Waals surface area contributed by atoms with Gasteiger partial charge >= 0.3 is 0 Å². The summed E-state index contributed by atoms with van der Waals surface area (Å²) >= 11 is 0. The van der Waals surface area contributed by atoms with Gasteiger partial charge in [0.25, 0.3) is 0 Å². The maximum Gasteiger partial charge on any atom is 0.0541 e. The molecule has 0 saturated heterocycles. The summed E-state index contributed by atoms with van der Waals surface area (Å²) in [6, 6.07) is 48.7. The van der Waals surface area contributed by atoms with E-state index in [2.05, 4.69) is 150 Å². The zero-order chi connectivity index (χ0) is 34.9. The molecule has 0 aliphatic carbocycles. The van der Waals surface area contributed by atoms with Gasteiger partial charge < -0.3 is 4.57 Å². The fourth-order valence-electron chi connectivity index (χ4n) is 6.82. The maximum atomic E-state index is 4.38. The Morgan fingerprint density at radius 2 is 0.898 bits per heavy atom. The molecule has 0 bridgehead atoms. The lowest BCUT2D eigenvalue weighted by Crippen LogP contribution is -1.94. The average molecular weight is 639 g/mol. The van der Waals surface area contributed by atoms with Gasteiger partial charge in [0.15, 0.2) is 0 Å². The quantitative estimate of drug-likeness (QED) is 0.139. The molecule has 2 aromatic heterocycles. The maximum absolute atomic E-state index is 4.38. The van der Waals surface area contributed by atoms with Crippen LogP contribution in [-0.2, 0) is 0 Å². The summed E-state index contributed by atoms with van der Waals surface area (Å²) in [7, 11) is 0. The average Bonchev–Trinajstić information content (AvgIpc) is 3.55. The molecule has 0 saturated carbocycles. The first-order valence-corrected chi connectivity index (χ1v) is 17.6. The molecule has 2 heterocycles. The van der Waals surface area contributed by atoms with Crippen LogP contribution in [0.25, 0.3) is 82.1 Å². The van der Waals surface area contributed by atoms with Gasteiger partial charge in [-0.25, -0.2) is 0 Å². The molecule has 0 N–H and O–H groups in total. The molecule has 244 valence electrons. The first-order valence-electron chi connectivity index (χ1n) is 17.6. The van der Waals surface area contributed by atoms with Gasteiger partial charge in [-0.05, 0) is 79.3 Å². The third kappa shape index (κ3) is 6.07. The SMILES string of the molecule is C=C.CC.CC.CC.c1cncc(-c2ccc3ccc4c(-c5ccc(-n6c7ccccc7c7ccccc76)cc5)ccc5ccc2c3c54)c1. The zero-order valence-corrected chi connectivity index (χ0v) is 29.7. The fourth-order valence-corrected chi connectivity index (χ4v) is 6.82. The van der Waals surface area contributed by atoms with Gasteiger partial charge in [0, 0.05) is 34.4 Å². The molecular formula is C47H46N2. The van der Waals surface area contributed by atoms with E-state index in [9.17, 15) is 0 Å². The van der Waals surface area contributed by atoms with E-state index in [0.717, 1.165) is 5.56 Å². The Balaban J connectivity index is 0.000000549. The molecule has 9 aromatic rings. The number of benzene rings is 7. The van der Waals surface area contributed by atoms with Crippen LogP contribution < -0.4 is 0 Å². The lowest BCUT2D eigenvalue weighted by molar-refractivity contribution is 1.18. The number of pyridine rings is 1. The summed E-state index contributed by atoms with van der Waals surface area (Å²) in [4.78, 5) is 4.38. The van der Waals surface area contributed by atoms with Crippen molar-refractivity contribution in [2.45, 2.75) is 41.5 Å². The zero-order valence-electron chi connectivity index (χ0n) is 29.7. The van der Waals surface area contributed by atoms with Crippen LogP contribution in [0.3, 0.4) is 0 Å². The van der Waals surface area contributed by atoms with E-state index in [1.54, 1.807) is 0 Å². The number of hydrogen-bond donors (Lipinski definition) is 0. The molecular weight excluding hydrogens is 593 g/mol. The summed E-state index contributed by atoms with van der Waals surface area (Å²) in [6.07, 6.45) is 3.79. The number of para-hydroxylation sites is 2. The summed E-state index contributed by atoms with van der Waals surface area (Å²) in [5, 5.41) is 10.3. The third-order valence-electron chi connectivity index (χ3n) is 8.65.